The average molecular weight is 480 g/mol. The van der Waals surface area contributed by atoms with Gasteiger partial charge in [0.2, 0.25) is 0 Å². The van der Waals surface area contributed by atoms with Gasteiger partial charge >= 0.3 is 23.9 Å². The second-order valence-corrected chi connectivity index (χ2v) is 6.89. The summed E-state index contributed by atoms with van der Waals surface area (Å²) < 4.78 is 42.7. The molecule has 1 fully saturated rings. The Bertz CT molecular complexity index is 637. The SMILES string of the molecule is CC(=O)OC[C@H]1O[C@H](OCCOCCOCCO)[C@@H](OC(C)=O)[C@@H](OC(C)=O)[C@@H]1OC(C)=O. The van der Waals surface area contributed by atoms with Gasteiger partial charge in [-0.2, -0.15) is 0 Å². The Kier molecular flexibility index (Phi) is 13.5. The third-order valence-corrected chi connectivity index (χ3v) is 4.07. The minimum absolute atomic E-state index is 0.00621. The van der Waals surface area contributed by atoms with E-state index in [9.17, 15) is 19.2 Å². The van der Waals surface area contributed by atoms with Gasteiger partial charge in [0.15, 0.2) is 24.6 Å². The van der Waals surface area contributed by atoms with Crippen molar-refractivity contribution in [3.05, 3.63) is 0 Å². The van der Waals surface area contributed by atoms with Crippen LogP contribution in [0.1, 0.15) is 27.7 Å². The quantitative estimate of drug-likeness (QED) is 0.185. The number of esters is 4. The molecule has 190 valence electrons. The van der Waals surface area contributed by atoms with Gasteiger partial charge in [0.25, 0.3) is 0 Å². The highest BCUT2D eigenvalue weighted by atomic mass is 16.7. The zero-order chi connectivity index (χ0) is 24.8. The number of carbonyl (C=O) groups excluding carboxylic acids is 4. The molecule has 0 saturated carbocycles. The molecule has 0 spiro atoms. The van der Waals surface area contributed by atoms with E-state index < -0.39 is 54.6 Å². The van der Waals surface area contributed by atoms with Crippen molar-refractivity contribution in [1.29, 1.82) is 0 Å². The number of ether oxygens (including phenoxy) is 8. The Balaban J connectivity index is 2.95. The van der Waals surface area contributed by atoms with E-state index in [1.807, 2.05) is 0 Å². The molecule has 0 aromatic rings. The Morgan fingerprint density at radius 1 is 0.697 bits per heavy atom. The topological polar surface area (TPSA) is 162 Å². The van der Waals surface area contributed by atoms with E-state index in [1.54, 1.807) is 0 Å². The van der Waals surface area contributed by atoms with Crippen molar-refractivity contribution in [2.45, 2.75) is 58.4 Å². The summed E-state index contributed by atoms with van der Waals surface area (Å²) in [5.41, 5.74) is 0. The van der Waals surface area contributed by atoms with Crippen LogP contribution in [0.5, 0.6) is 0 Å². The first kappa shape index (κ1) is 28.7. The van der Waals surface area contributed by atoms with Crippen LogP contribution in [0.25, 0.3) is 0 Å². The third-order valence-electron chi connectivity index (χ3n) is 4.07. The number of hydrogen-bond acceptors (Lipinski definition) is 13. The van der Waals surface area contributed by atoms with Gasteiger partial charge in [-0.05, 0) is 0 Å². The van der Waals surface area contributed by atoms with Crippen LogP contribution in [0.2, 0.25) is 0 Å². The molecule has 0 bridgehead atoms. The molecule has 0 unspecified atom stereocenters. The van der Waals surface area contributed by atoms with Crippen molar-refractivity contribution in [2.24, 2.45) is 0 Å². The van der Waals surface area contributed by atoms with Crippen LogP contribution in [0.4, 0.5) is 0 Å². The molecule has 0 aromatic heterocycles. The number of hydrogen-bond donors (Lipinski definition) is 1. The summed E-state index contributed by atoms with van der Waals surface area (Å²) in [6, 6.07) is 0. The van der Waals surface area contributed by atoms with Gasteiger partial charge in [-0.3, -0.25) is 19.2 Å². The second kappa shape index (κ2) is 15.5. The number of aliphatic hydroxyl groups excluding tert-OH is 1. The van der Waals surface area contributed by atoms with Gasteiger partial charge in [-0.1, -0.05) is 0 Å². The zero-order valence-corrected chi connectivity index (χ0v) is 19.2. The predicted molar refractivity (Wildman–Crippen MR) is 107 cm³/mol. The van der Waals surface area contributed by atoms with Crippen LogP contribution in [0, 0.1) is 0 Å². The van der Waals surface area contributed by atoms with Gasteiger partial charge in [-0.25, -0.2) is 0 Å². The fourth-order valence-corrected chi connectivity index (χ4v) is 2.93. The normalized spacial score (nSPS) is 24.6. The maximum Gasteiger partial charge on any atom is 0.303 e. The fourth-order valence-electron chi connectivity index (χ4n) is 2.93. The van der Waals surface area contributed by atoms with Crippen LogP contribution in [-0.2, 0) is 57.1 Å². The van der Waals surface area contributed by atoms with Crippen molar-refractivity contribution >= 4 is 23.9 Å². The molecule has 1 aliphatic rings. The second-order valence-electron chi connectivity index (χ2n) is 6.89. The van der Waals surface area contributed by atoms with Crippen molar-refractivity contribution in [3.8, 4) is 0 Å². The van der Waals surface area contributed by atoms with Crippen LogP contribution in [0.15, 0.2) is 0 Å². The van der Waals surface area contributed by atoms with Gasteiger partial charge in [0.1, 0.15) is 12.7 Å². The first-order chi connectivity index (χ1) is 15.6. The minimum Gasteiger partial charge on any atom is -0.463 e. The van der Waals surface area contributed by atoms with Gasteiger partial charge in [0, 0.05) is 27.7 Å². The molecular formula is C20H32O13. The maximum atomic E-state index is 11.7. The smallest absolute Gasteiger partial charge is 0.303 e. The average Bonchev–Trinajstić information content (AvgIpc) is 2.71. The molecule has 1 rings (SSSR count). The lowest BCUT2D eigenvalue weighted by molar-refractivity contribution is -0.309. The lowest BCUT2D eigenvalue weighted by Crippen LogP contribution is -2.63. The van der Waals surface area contributed by atoms with E-state index in [0.717, 1.165) is 20.8 Å². The summed E-state index contributed by atoms with van der Waals surface area (Å²) in [7, 11) is 0. The molecule has 1 heterocycles. The molecule has 0 radical (unpaired) electrons. The molecule has 1 saturated heterocycles. The summed E-state index contributed by atoms with van der Waals surface area (Å²) in [5, 5.41) is 8.65. The Morgan fingerprint density at radius 2 is 1.21 bits per heavy atom. The highest BCUT2D eigenvalue weighted by molar-refractivity contribution is 5.68. The summed E-state index contributed by atoms with van der Waals surface area (Å²) >= 11 is 0. The van der Waals surface area contributed by atoms with Gasteiger partial charge < -0.3 is 43.0 Å². The highest BCUT2D eigenvalue weighted by Crippen LogP contribution is 2.29. The van der Waals surface area contributed by atoms with Crippen LogP contribution in [-0.4, -0.2) is 106 Å². The van der Waals surface area contributed by atoms with Crippen LogP contribution in [0.3, 0.4) is 0 Å². The van der Waals surface area contributed by atoms with Gasteiger partial charge in [-0.15, -0.1) is 0 Å². The highest BCUT2D eigenvalue weighted by Gasteiger charge is 2.52. The van der Waals surface area contributed by atoms with E-state index in [0.29, 0.717) is 0 Å². The molecule has 1 N–H and O–H groups in total. The van der Waals surface area contributed by atoms with E-state index in [1.165, 1.54) is 6.92 Å². The summed E-state index contributed by atoms with van der Waals surface area (Å²) in [4.78, 5) is 46.4. The fraction of sp³-hybridized carbons (Fsp3) is 0.800. The number of rotatable bonds is 14. The third kappa shape index (κ3) is 11.4. The minimum atomic E-state index is -1.29. The summed E-state index contributed by atoms with van der Waals surface area (Å²) in [6.07, 6.45) is -6.14. The maximum absolute atomic E-state index is 11.7. The lowest BCUT2D eigenvalue weighted by Gasteiger charge is -2.44. The molecule has 13 nitrogen and oxygen atoms in total. The molecule has 33 heavy (non-hydrogen) atoms. The van der Waals surface area contributed by atoms with Crippen LogP contribution < -0.4 is 0 Å². The van der Waals surface area contributed by atoms with Crippen molar-refractivity contribution in [2.75, 3.05) is 46.2 Å². The molecule has 0 aromatic carbocycles. The van der Waals surface area contributed by atoms with Crippen molar-refractivity contribution in [1.82, 2.24) is 0 Å². The molecular weight excluding hydrogens is 448 g/mol. The van der Waals surface area contributed by atoms with Crippen molar-refractivity contribution in [3.63, 3.8) is 0 Å². The van der Waals surface area contributed by atoms with E-state index in [-0.39, 0.29) is 46.2 Å². The molecule has 5 atom stereocenters. The lowest BCUT2D eigenvalue weighted by atomic mass is 9.98. The predicted octanol–water partition coefficient (Wildman–Crippen LogP) is -0.888. The molecule has 13 heteroatoms. The number of carbonyl (C=O) groups is 4. The first-order valence-electron chi connectivity index (χ1n) is 10.3. The largest absolute Gasteiger partial charge is 0.463 e. The summed E-state index contributed by atoms with van der Waals surface area (Å²) in [6.45, 7) is 5.01. The molecule has 1 aliphatic heterocycles. The zero-order valence-electron chi connectivity index (χ0n) is 19.2. The Labute approximate surface area is 191 Å². The van der Waals surface area contributed by atoms with E-state index in [4.69, 9.17) is 43.0 Å². The first-order valence-corrected chi connectivity index (χ1v) is 10.3. The van der Waals surface area contributed by atoms with E-state index >= 15 is 0 Å². The van der Waals surface area contributed by atoms with Crippen molar-refractivity contribution < 1.29 is 62.2 Å². The van der Waals surface area contributed by atoms with Gasteiger partial charge in [0.05, 0.1) is 39.6 Å². The molecule has 0 amide bonds. The standard InChI is InChI=1S/C20H32O13/c1-12(22)29-11-16-17(30-13(2)23)18(31-14(3)24)19(32-15(4)25)20(33-16)28-10-9-27-8-7-26-6-5-21/h16-21H,5-11H2,1-4H3/t16-,17-,18+,19+,20+/m1/s1. The Morgan fingerprint density at radius 3 is 1.76 bits per heavy atom. The molecule has 0 aliphatic carbocycles. The monoisotopic (exact) mass is 480 g/mol. The van der Waals surface area contributed by atoms with E-state index in [2.05, 4.69) is 0 Å². The number of aliphatic hydroxyl groups is 1. The Hall–Kier alpha value is -2.32. The van der Waals surface area contributed by atoms with Crippen LogP contribution >= 0.6 is 0 Å². The summed E-state index contributed by atoms with van der Waals surface area (Å²) in [5.74, 6) is -2.77.